The highest BCUT2D eigenvalue weighted by Crippen LogP contribution is 2.12. The molecule has 0 radical (unpaired) electrons. The van der Waals surface area contributed by atoms with Gasteiger partial charge >= 0.3 is 11.9 Å². The van der Waals surface area contributed by atoms with Gasteiger partial charge in [0.15, 0.2) is 0 Å². The summed E-state index contributed by atoms with van der Waals surface area (Å²) in [5.41, 5.74) is 0. The summed E-state index contributed by atoms with van der Waals surface area (Å²) in [6.45, 7) is 4.29. The van der Waals surface area contributed by atoms with E-state index in [9.17, 15) is 9.59 Å². The van der Waals surface area contributed by atoms with Gasteiger partial charge in [-0.05, 0) is 102 Å². The molecular formula is C42H62O4. The highest BCUT2D eigenvalue weighted by Gasteiger charge is 2.11. The number of rotatable bonds is 29. The van der Waals surface area contributed by atoms with Crippen molar-refractivity contribution in [1.29, 1.82) is 0 Å². The molecule has 0 aromatic carbocycles. The number of hydrogen-bond donors (Lipinski definition) is 1. The molecular weight excluding hydrogens is 568 g/mol. The second-order valence-electron chi connectivity index (χ2n) is 10.9. The fraction of sp³-hybridized carbons (Fsp3) is 0.476. The molecule has 0 fully saturated rings. The third kappa shape index (κ3) is 34.8. The monoisotopic (exact) mass is 630 g/mol. The lowest BCUT2D eigenvalue weighted by Gasteiger charge is -2.14. The molecule has 46 heavy (non-hydrogen) atoms. The maximum Gasteiger partial charge on any atom is 0.306 e. The van der Waals surface area contributed by atoms with E-state index in [1.807, 2.05) is 12.2 Å². The summed E-state index contributed by atoms with van der Waals surface area (Å²) in [5.74, 6) is -0.991. The molecule has 0 saturated heterocycles. The number of carbonyl (C=O) groups excluding carboxylic acids is 1. The lowest BCUT2D eigenvalue weighted by molar-refractivity contribution is -0.147. The van der Waals surface area contributed by atoms with E-state index in [-0.39, 0.29) is 18.5 Å². The van der Waals surface area contributed by atoms with E-state index < -0.39 is 5.97 Å². The van der Waals surface area contributed by atoms with Crippen LogP contribution in [0.25, 0.3) is 0 Å². The lowest BCUT2D eigenvalue weighted by Crippen LogP contribution is -2.16. The summed E-state index contributed by atoms with van der Waals surface area (Å²) in [7, 11) is 0. The Hall–Kier alpha value is -3.66. The van der Waals surface area contributed by atoms with Gasteiger partial charge in [-0.1, -0.05) is 129 Å². The van der Waals surface area contributed by atoms with E-state index in [2.05, 4.69) is 123 Å². The first-order valence-electron chi connectivity index (χ1n) is 17.5. The Balaban J connectivity index is 4.29. The van der Waals surface area contributed by atoms with Crippen molar-refractivity contribution in [3.8, 4) is 0 Å². The van der Waals surface area contributed by atoms with Crippen molar-refractivity contribution in [3.63, 3.8) is 0 Å². The van der Waals surface area contributed by atoms with Crippen LogP contribution in [-0.2, 0) is 14.3 Å². The molecule has 0 aliphatic rings. The van der Waals surface area contributed by atoms with Crippen molar-refractivity contribution in [3.05, 3.63) is 122 Å². The fourth-order valence-corrected chi connectivity index (χ4v) is 4.16. The molecule has 0 heterocycles. The summed E-state index contributed by atoms with van der Waals surface area (Å²) in [6, 6.07) is 0. The maximum atomic E-state index is 12.5. The van der Waals surface area contributed by atoms with E-state index in [0.29, 0.717) is 25.7 Å². The van der Waals surface area contributed by atoms with Gasteiger partial charge in [0.25, 0.3) is 0 Å². The molecule has 4 heteroatoms. The molecule has 0 rings (SSSR count). The van der Waals surface area contributed by atoms with Gasteiger partial charge in [0, 0.05) is 12.8 Å². The van der Waals surface area contributed by atoms with E-state index in [1.165, 1.54) is 0 Å². The van der Waals surface area contributed by atoms with Gasteiger partial charge in [-0.15, -0.1) is 0 Å². The van der Waals surface area contributed by atoms with Crippen LogP contribution in [0.15, 0.2) is 122 Å². The second-order valence-corrected chi connectivity index (χ2v) is 10.9. The van der Waals surface area contributed by atoms with Crippen LogP contribution in [0.3, 0.4) is 0 Å². The van der Waals surface area contributed by atoms with E-state index >= 15 is 0 Å². The molecule has 1 unspecified atom stereocenters. The summed E-state index contributed by atoms with van der Waals surface area (Å²) in [6.07, 6.45) is 56.4. The van der Waals surface area contributed by atoms with Crippen molar-refractivity contribution >= 4 is 11.9 Å². The van der Waals surface area contributed by atoms with Crippen LogP contribution in [0.5, 0.6) is 0 Å². The predicted octanol–water partition coefficient (Wildman–Crippen LogP) is 12.2. The largest absolute Gasteiger partial charge is 0.481 e. The number of aliphatic carboxylic acids is 1. The first kappa shape index (κ1) is 42.3. The number of carboxylic acids is 1. The van der Waals surface area contributed by atoms with Gasteiger partial charge in [0.2, 0.25) is 0 Å². The minimum Gasteiger partial charge on any atom is -0.481 e. The van der Waals surface area contributed by atoms with Crippen molar-refractivity contribution in [2.45, 2.75) is 129 Å². The Morgan fingerprint density at radius 3 is 1.30 bits per heavy atom. The van der Waals surface area contributed by atoms with Gasteiger partial charge in [-0.2, -0.15) is 0 Å². The van der Waals surface area contributed by atoms with Crippen LogP contribution in [-0.4, -0.2) is 23.1 Å². The van der Waals surface area contributed by atoms with Crippen molar-refractivity contribution < 1.29 is 19.4 Å². The molecule has 4 nitrogen and oxygen atoms in total. The topological polar surface area (TPSA) is 63.6 Å². The molecule has 0 amide bonds. The van der Waals surface area contributed by atoms with Crippen LogP contribution in [0.2, 0.25) is 0 Å². The molecule has 0 aliphatic carbocycles. The molecule has 0 aliphatic heterocycles. The summed E-state index contributed by atoms with van der Waals surface area (Å²) < 4.78 is 5.73. The normalized spacial score (nSPS) is 13.8. The highest BCUT2D eigenvalue weighted by atomic mass is 16.5. The van der Waals surface area contributed by atoms with Crippen molar-refractivity contribution in [1.82, 2.24) is 0 Å². The Morgan fingerprint density at radius 2 is 0.891 bits per heavy atom. The molecule has 0 bridgehead atoms. The first-order valence-corrected chi connectivity index (χ1v) is 17.5. The number of carboxylic acid groups (broad SMARTS) is 1. The standard InChI is InChI=1S/C42H62O4/c1-3-5-7-9-11-13-15-17-19-20-21-23-25-27-29-31-33-39-42(45)46-40(37-34-35-38-41(43)44)36-32-30-28-26-24-22-18-16-14-12-10-8-6-4-2/h5-8,11-14,17-19,21-23,26-29,32,36,40H,3-4,9-10,15-16,20,24-25,30-31,33-35,37-39H2,1-2H3,(H,43,44)/b7-5-,8-6-,13-11-,14-12-,19-17-,22-18-,23-21-,28-26-,29-27-,36-32-. The quantitative estimate of drug-likeness (QED) is 0.0507. The number of allylic oxidation sites excluding steroid dienone is 19. The van der Waals surface area contributed by atoms with Gasteiger partial charge in [-0.25, -0.2) is 0 Å². The molecule has 1 atom stereocenters. The van der Waals surface area contributed by atoms with Gasteiger partial charge in [0.1, 0.15) is 6.10 Å². The lowest BCUT2D eigenvalue weighted by atomic mass is 10.1. The van der Waals surface area contributed by atoms with E-state index in [4.69, 9.17) is 9.84 Å². The summed E-state index contributed by atoms with van der Waals surface area (Å²) in [4.78, 5) is 23.3. The average Bonchev–Trinajstić information content (AvgIpc) is 3.04. The Bertz CT molecular complexity index is 1030. The highest BCUT2D eigenvalue weighted by molar-refractivity contribution is 5.69. The summed E-state index contributed by atoms with van der Waals surface area (Å²) >= 11 is 0. The molecule has 0 spiro atoms. The predicted molar refractivity (Wildman–Crippen MR) is 199 cm³/mol. The third-order valence-electron chi connectivity index (χ3n) is 6.66. The minimum atomic E-state index is -0.793. The zero-order valence-electron chi connectivity index (χ0n) is 28.8. The minimum absolute atomic E-state index is 0.138. The second kappa shape index (κ2) is 35.8. The van der Waals surface area contributed by atoms with Crippen molar-refractivity contribution in [2.24, 2.45) is 0 Å². The van der Waals surface area contributed by atoms with E-state index in [0.717, 1.165) is 77.0 Å². The molecule has 254 valence electrons. The zero-order valence-corrected chi connectivity index (χ0v) is 28.8. The first-order chi connectivity index (χ1) is 22.6. The van der Waals surface area contributed by atoms with Crippen LogP contribution >= 0.6 is 0 Å². The van der Waals surface area contributed by atoms with Crippen molar-refractivity contribution in [2.75, 3.05) is 0 Å². The Kier molecular flexibility index (Phi) is 33.0. The van der Waals surface area contributed by atoms with Gasteiger partial charge in [-0.3, -0.25) is 9.59 Å². The van der Waals surface area contributed by atoms with Crippen LogP contribution in [0.1, 0.15) is 123 Å². The Morgan fingerprint density at radius 1 is 0.500 bits per heavy atom. The third-order valence-corrected chi connectivity index (χ3v) is 6.66. The number of carbonyl (C=O) groups is 2. The SMILES string of the molecule is CC/C=C\C/C=C\C/C=C\C/C=C\C/C=C\CCCC(=O)OC(/C=C\C/C=C\C/C=C\C/C=C\C/C=C\CC)CCCCC(=O)O. The van der Waals surface area contributed by atoms with E-state index in [1.54, 1.807) is 0 Å². The van der Waals surface area contributed by atoms with Crippen LogP contribution in [0, 0.1) is 0 Å². The zero-order chi connectivity index (χ0) is 33.6. The average molecular weight is 631 g/mol. The number of unbranched alkanes of at least 4 members (excludes halogenated alkanes) is 2. The van der Waals surface area contributed by atoms with Gasteiger partial charge in [0.05, 0.1) is 0 Å². The molecule has 1 N–H and O–H groups in total. The van der Waals surface area contributed by atoms with Crippen LogP contribution < -0.4 is 0 Å². The fourth-order valence-electron chi connectivity index (χ4n) is 4.16. The van der Waals surface area contributed by atoms with Gasteiger partial charge < -0.3 is 9.84 Å². The Labute approximate surface area is 281 Å². The molecule has 0 aromatic rings. The number of ether oxygens (including phenoxy) is 1. The number of hydrogen-bond acceptors (Lipinski definition) is 3. The molecule has 0 aromatic heterocycles. The summed E-state index contributed by atoms with van der Waals surface area (Å²) in [5, 5.41) is 8.91. The molecule has 0 saturated carbocycles. The maximum absolute atomic E-state index is 12.5. The number of esters is 1. The van der Waals surface area contributed by atoms with Crippen LogP contribution in [0.4, 0.5) is 0 Å². The smallest absolute Gasteiger partial charge is 0.306 e.